The SMILES string of the molecule is CB1CCCCCCC1. The van der Waals surface area contributed by atoms with Gasteiger partial charge in [-0.25, -0.2) is 0 Å². The molecule has 1 aliphatic heterocycles. The molecule has 0 nitrogen and oxygen atoms in total. The second-order valence-corrected chi connectivity index (χ2v) is 3.45. The van der Waals surface area contributed by atoms with Crippen molar-refractivity contribution in [3.63, 3.8) is 0 Å². The van der Waals surface area contributed by atoms with E-state index in [0.717, 1.165) is 6.71 Å². The second kappa shape index (κ2) is 3.97. The van der Waals surface area contributed by atoms with Gasteiger partial charge in [-0.05, 0) is 0 Å². The Balaban J connectivity index is 2.12. The van der Waals surface area contributed by atoms with E-state index >= 15 is 0 Å². The molecule has 0 atom stereocenters. The Morgan fingerprint density at radius 3 is 1.78 bits per heavy atom. The lowest BCUT2D eigenvalue weighted by atomic mass is 9.45. The highest BCUT2D eigenvalue weighted by Gasteiger charge is 2.07. The lowest BCUT2D eigenvalue weighted by Crippen LogP contribution is -2.07. The molecule has 0 aromatic rings. The third-order valence-electron chi connectivity index (χ3n) is 2.39. The molecule has 9 heavy (non-hydrogen) atoms. The van der Waals surface area contributed by atoms with Crippen LogP contribution >= 0.6 is 0 Å². The first kappa shape index (κ1) is 7.18. The summed E-state index contributed by atoms with van der Waals surface area (Å²) in [5.74, 6) is 0. The van der Waals surface area contributed by atoms with Gasteiger partial charge in [-0.1, -0.05) is 51.6 Å². The Morgan fingerprint density at radius 2 is 1.22 bits per heavy atom. The minimum Gasteiger partial charge on any atom is -0.0861 e. The molecule has 0 N–H and O–H groups in total. The van der Waals surface area contributed by atoms with Gasteiger partial charge in [0.1, 0.15) is 6.71 Å². The smallest absolute Gasteiger partial charge is 0.0861 e. The molecule has 52 valence electrons. The van der Waals surface area contributed by atoms with Crippen LogP contribution in [0.2, 0.25) is 19.5 Å². The van der Waals surface area contributed by atoms with Gasteiger partial charge in [0, 0.05) is 0 Å². The monoisotopic (exact) mass is 124 g/mol. The number of hydrogen-bond acceptors (Lipinski definition) is 0. The van der Waals surface area contributed by atoms with Gasteiger partial charge in [-0.3, -0.25) is 0 Å². The highest BCUT2D eigenvalue weighted by atomic mass is 14.0. The summed E-state index contributed by atoms with van der Waals surface area (Å²) in [5, 5.41) is 0. The molecule has 1 saturated heterocycles. The van der Waals surface area contributed by atoms with Crippen molar-refractivity contribution in [2.24, 2.45) is 0 Å². The topological polar surface area (TPSA) is 0 Å². The van der Waals surface area contributed by atoms with Gasteiger partial charge >= 0.3 is 0 Å². The van der Waals surface area contributed by atoms with Crippen molar-refractivity contribution in [3.8, 4) is 0 Å². The summed E-state index contributed by atoms with van der Waals surface area (Å²) in [5.41, 5.74) is 0. The van der Waals surface area contributed by atoms with Crippen molar-refractivity contribution < 1.29 is 0 Å². The molecule has 0 aliphatic carbocycles. The highest BCUT2D eigenvalue weighted by molar-refractivity contribution is 6.57. The van der Waals surface area contributed by atoms with Crippen LogP contribution in [0.5, 0.6) is 0 Å². The molecule has 0 bridgehead atoms. The van der Waals surface area contributed by atoms with E-state index in [1.54, 1.807) is 0 Å². The van der Waals surface area contributed by atoms with Crippen LogP contribution in [0.1, 0.15) is 32.1 Å². The molecule has 1 heterocycles. The fourth-order valence-corrected chi connectivity index (χ4v) is 1.66. The third kappa shape index (κ3) is 2.93. The summed E-state index contributed by atoms with van der Waals surface area (Å²) in [6.07, 6.45) is 10.4. The molecule has 1 rings (SSSR count). The molecule has 0 unspecified atom stereocenters. The average Bonchev–Trinajstić information content (AvgIpc) is 1.79. The first-order chi connectivity index (χ1) is 4.39. The van der Waals surface area contributed by atoms with Crippen molar-refractivity contribution in [3.05, 3.63) is 0 Å². The molecule has 0 aromatic carbocycles. The van der Waals surface area contributed by atoms with E-state index in [2.05, 4.69) is 6.82 Å². The summed E-state index contributed by atoms with van der Waals surface area (Å²) in [6, 6.07) is 0. The quantitative estimate of drug-likeness (QED) is 0.435. The Hall–Kier alpha value is 0.0649. The van der Waals surface area contributed by atoms with Crippen LogP contribution in [0.25, 0.3) is 0 Å². The zero-order chi connectivity index (χ0) is 6.53. The van der Waals surface area contributed by atoms with Crippen LogP contribution in [0.3, 0.4) is 0 Å². The van der Waals surface area contributed by atoms with Crippen LogP contribution in [0, 0.1) is 0 Å². The molecule has 0 spiro atoms. The molecular weight excluding hydrogens is 107 g/mol. The molecular formula is C8H17B. The molecule has 1 aliphatic rings. The minimum absolute atomic E-state index is 1.02. The Labute approximate surface area is 59.1 Å². The molecule has 0 amide bonds. The maximum Gasteiger partial charge on any atom is 0.136 e. The molecule has 0 aromatic heterocycles. The predicted octanol–water partition coefficient (Wildman–Crippen LogP) is 3.08. The van der Waals surface area contributed by atoms with Gasteiger partial charge < -0.3 is 0 Å². The lowest BCUT2D eigenvalue weighted by Gasteiger charge is -2.11. The first-order valence-electron chi connectivity index (χ1n) is 4.39. The maximum absolute atomic E-state index is 2.39. The summed E-state index contributed by atoms with van der Waals surface area (Å²) < 4.78 is 0. The lowest BCUT2D eigenvalue weighted by molar-refractivity contribution is 0.636. The van der Waals surface area contributed by atoms with Crippen LogP contribution in [-0.2, 0) is 0 Å². The van der Waals surface area contributed by atoms with E-state index in [1.165, 1.54) is 44.7 Å². The number of hydrogen-bond donors (Lipinski definition) is 0. The van der Waals surface area contributed by atoms with Gasteiger partial charge in [0.2, 0.25) is 0 Å². The molecule has 0 saturated carbocycles. The van der Waals surface area contributed by atoms with Crippen molar-refractivity contribution in [2.45, 2.75) is 51.6 Å². The van der Waals surface area contributed by atoms with Crippen LogP contribution in [0.15, 0.2) is 0 Å². The van der Waals surface area contributed by atoms with Crippen molar-refractivity contribution in [2.75, 3.05) is 0 Å². The van der Waals surface area contributed by atoms with Crippen molar-refractivity contribution in [1.82, 2.24) is 0 Å². The van der Waals surface area contributed by atoms with E-state index in [0.29, 0.717) is 0 Å². The standard InChI is InChI=1S/C8H17B/c1-9-7-5-3-2-4-6-8-9/h2-8H2,1H3. The summed E-state index contributed by atoms with van der Waals surface area (Å²) in [7, 11) is 0. The van der Waals surface area contributed by atoms with Gasteiger partial charge in [0.15, 0.2) is 0 Å². The van der Waals surface area contributed by atoms with E-state index in [-0.39, 0.29) is 0 Å². The Bertz CT molecular complexity index is 63.0. The minimum atomic E-state index is 1.02. The average molecular weight is 124 g/mol. The third-order valence-corrected chi connectivity index (χ3v) is 2.39. The van der Waals surface area contributed by atoms with Crippen LogP contribution in [0.4, 0.5) is 0 Å². The molecule has 1 fully saturated rings. The molecule has 0 radical (unpaired) electrons. The molecule has 1 heteroatoms. The normalized spacial score (nSPS) is 23.0. The van der Waals surface area contributed by atoms with Crippen LogP contribution in [-0.4, -0.2) is 6.71 Å². The fourth-order valence-electron chi connectivity index (χ4n) is 1.66. The zero-order valence-corrected chi connectivity index (χ0v) is 6.53. The van der Waals surface area contributed by atoms with Crippen molar-refractivity contribution in [1.29, 1.82) is 0 Å². The van der Waals surface area contributed by atoms with Gasteiger partial charge in [0.05, 0.1) is 0 Å². The first-order valence-corrected chi connectivity index (χ1v) is 4.39. The number of rotatable bonds is 0. The largest absolute Gasteiger partial charge is 0.136 e. The zero-order valence-electron chi connectivity index (χ0n) is 6.53. The fraction of sp³-hybridized carbons (Fsp3) is 1.00. The van der Waals surface area contributed by atoms with Gasteiger partial charge in [-0.15, -0.1) is 0 Å². The summed E-state index contributed by atoms with van der Waals surface area (Å²) in [4.78, 5) is 0. The predicted molar refractivity (Wildman–Crippen MR) is 44.3 cm³/mol. The maximum atomic E-state index is 2.39. The van der Waals surface area contributed by atoms with E-state index in [1.807, 2.05) is 0 Å². The van der Waals surface area contributed by atoms with E-state index < -0.39 is 0 Å². The van der Waals surface area contributed by atoms with E-state index in [9.17, 15) is 0 Å². The van der Waals surface area contributed by atoms with Gasteiger partial charge in [-0.2, -0.15) is 0 Å². The summed E-state index contributed by atoms with van der Waals surface area (Å²) in [6.45, 7) is 3.41. The van der Waals surface area contributed by atoms with Crippen LogP contribution < -0.4 is 0 Å². The van der Waals surface area contributed by atoms with Crippen molar-refractivity contribution >= 4 is 6.71 Å². The van der Waals surface area contributed by atoms with Gasteiger partial charge in [0.25, 0.3) is 0 Å². The Kier molecular flexibility index (Phi) is 3.17. The van der Waals surface area contributed by atoms with E-state index in [4.69, 9.17) is 0 Å². The summed E-state index contributed by atoms with van der Waals surface area (Å²) >= 11 is 0. The Morgan fingerprint density at radius 1 is 0.778 bits per heavy atom. The highest BCUT2D eigenvalue weighted by Crippen LogP contribution is 2.17. The second-order valence-electron chi connectivity index (χ2n) is 3.45.